The van der Waals surface area contributed by atoms with Crippen LogP contribution in [0.15, 0.2) is 0 Å². The highest BCUT2D eigenvalue weighted by molar-refractivity contribution is 5.73. The summed E-state index contributed by atoms with van der Waals surface area (Å²) in [6.07, 6.45) is 0.411. The molecule has 5 heteroatoms. The Bertz CT molecular complexity index is 174. The maximum Gasteiger partial charge on any atom is 0.218 e. The van der Waals surface area contributed by atoms with E-state index in [4.69, 9.17) is 10.5 Å². The van der Waals surface area contributed by atoms with Crippen molar-refractivity contribution in [2.75, 3.05) is 54.0 Å². The van der Waals surface area contributed by atoms with Crippen LogP contribution in [0.4, 0.5) is 0 Å². The van der Waals surface area contributed by atoms with Gasteiger partial charge in [0.15, 0.2) is 0 Å². The molecule has 15 heavy (non-hydrogen) atoms. The van der Waals surface area contributed by atoms with E-state index in [0.29, 0.717) is 19.6 Å². The lowest BCUT2D eigenvalue weighted by Gasteiger charge is -2.16. The molecule has 0 aromatic heterocycles. The van der Waals surface area contributed by atoms with Crippen LogP contribution in [-0.2, 0) is 9.53 Å². The molecule has 0 atom stereocenters. The van der Waals surface area contributed by atoms with E-state index >= 15 is 0 Å². The number of nitrogens with zero attached hydrogens (tertiary/aromatic N) is 2. The normalized spacial score (nSPS) is 11.3. The number of amides is 1. The van der Waals surface area contributed by atoms with Gasteiger partial charge < -0.3 is 20.3 Å². The molecule has 0 saturated carbocycles. The Morgan fingerprint density at radius 2 is 1.73 bits per heavy atom. The summed E-state index contributed by atoms with van der Waals surface area (Å²) in [5.41, 5.74) is 5.05. The fraction of sp³-hybridized carbons (Fsp3) is 0.900. The lowest BCUT2D eigenvalue weighted by atomic mass is 10.4. The van der Waals surface area contributed by atoms with Gasteiger partial charge in [-0.1, -0.05) is 0 Å². The molecule has 0 saturated heterocycles. The lowest BCUT2D eigenvalue weighted by molar-refractivity contribution is -0.118. The Labute approximate surface area is 92.2 Å². The second-order valence-corrected chi connectivity index (χ2v) is 3.94. The third kappa shape index (κ3) is 11.3. The van der Waals surface area contributed by atoms with E-state index in [1.54, 1.807) is 0 Å². The van der Waals surface area contributed by atoms with E-state index in [1.807, 2.05) is 26.0 Å². The highest BCUT2D eigenvalue weighted by atomic mass is 16.5. The number of rotatable bonds is 9. The second kappa shape index (κ2) is 8.64. The minimum atomic E-state index is -0.254. The SMILES string of the molecule is CN(C)CCOCCN(C)CCC(N)=O. The van der Waals surface area contributed by atoms with E-state index < -0.39 is 0 Å². The number of carbonyl (C=O) groups is 1. The first-order chi connectivity index (χ1) is 7.02. The van der Waals surface area contributed by atoms with E-state index in [-0.39, 0.29) is 5.91 Å². The van der Waals surface area contributed by atoms with Crippen LogP contribution in [0.2, 0.25) is 0 Å². The highest BCUT2D eigenvalue weighted by Crippen LogP contribution is 1.87. The average molecular weight is 217 g/mol. The Kier molecular flexibility index (Phi) is 8.27. The van der Waals surface area contributed by atoms with Gasteiger partial charge in [0.05, 0.1) is 13.2 Å². The molecule has 0 aromatic rings. The molecule has 0 fully saturated rings. The van der Waals surface area contributed by atoms with Gasteiger partial charge in [-0.25, -0.2) is 0 Å². The number of primary amides is 1. The van der Waals surface area contributed by atoms with Crippen LogP contribution in [-0.4, -0.2) is 69.7 Å². The highest BCUT2D eigenvalue weighted by Gasteiger charge is 2.00. The molecule has 0 radical (unpaired) electrons. The average Bonchev–Trinajstić information content (AvgIpc) is 2.13. The number of hydrogen-bond donors (Lipinski definition) is 1. The number of ether oxygens (including phenoxy) is 1. The van der Waals surface area contributed by atoms with E-state index in [1.165, 1.54) is 0 Å². The van der Waals surface area contributed by atoms with E-state index in [2.05, 4.69) is 4.90 Å². The van der Waals surface area contributed by atoms with Crippen LogP contribution in [0, 0.1) is 0 Å². The van der Waals surface area contributed by atoms with Crippen molar-refractivity contribution >= 4 is 5.91 Å². The predicted molar refractivity (Wildman–Crippen MR) is 60.7 cm³/mol. The summed E-state index contributed by atoms with van der Waals surface area (Å²) in [6.45, 7) is 3.91. The van der Waals surface area contributed by atoms with Crippen molar-refractivity contribution in [2.45, 2.75) is 6.42 Å². The summed E-state index contributed by atoms with van der Waals surface area (Å²) in [4.78, 5) is 14.6. The third-order valence-electron chi connectivity index (χ3n) is 2.04. The predicted octanol–water partition coefficient (Wildman–Crippen LogP) is -0.628. The summed E-state index contributed by atoms with van der Waals surface area (Å²) in [5.74, 6) is -0.254. The van der Waals surface area contributed by atoms with Crippen molar-refractivity contribution in [1.82, 2.24) is 9.80 Å². The van der Waals surface area contributed by atoms with Gasteiger partial charge in [-0.05, 0) is 21.1 Å². The standard InChI is InChI=1S/C10H23N3O2/c1-12(2)6-8-15-9-7-13(3)5-4-10(11)14/h4-9H2,1-3H3,(H2,11,14). The molecule has 0 bridgehead atoms. The van der Waals surface area contributed by atoms with Crippen LogP contribution in [0.25, 0.3) is 0 Å². The van der Waals surface area contributed by atoms with Crippen LogP contribution < -0.4 is 5.73 Å². The Morgan fingerprint density at radius 3 is 2.27 bits per heavy atom. The van der Waals surface area contributed by atoms with Crippen molar-refractivity contribution in [3.63, 3.8) is 0 Å². The van der Waals surface area contributed by atoms with Gasteiger partial charge >= 0.3 is 0 Å². The molecule has 5 nitrogen and oxygen atoms in total. The summed E-state index contributed by atoms with van der Waals surface area (Å²) < 4.78 is 5.42. The van der Waals surface area contributed by atoms with E-state index in [9.17, 15) is 4.79 Å². The molecule has 0 unspecified atom stereocenters. The Hall–Kier alpha value is -0.650. The number of hydrogen-bond acceptors (Lipinski definition) is 4. The van der Waals surface area contributed by atoms with Crippen molar-refractivity contribution in [3.05, 3.63) is 0 Å². The van der Waals surface area contributed by atoms with Gasteiger partial charge in [-0.3, -0.25) is 4.79 Å². The van der Waals surface area contributed by atoms with Crippen molar-refractivity contribution in [1.29, 1.82) is 0 Å². The van der Waals surface area contributed by atoms with Gasteiger partial charge in [0, 0.05) is 26.1 Å². The number of carbonyl (C=O) groups excluding carboxylic acids is 1. The second-order valence-electron chi connectivity index (χ2n) is 3.94. The van der Waals surface area contributed by atoms with Crippen LogP contribution in [0.3, 0.4) is 0 Å². The molecule has 2 N–H and O–H groups in total. The quantitative estimate of drug-likeness (QED) is 0.523. The number of likely N-dealkylation sites (N-methyl/N-ethyl adjacent to an activating group) is 2. The molecule has 0 heterocycles. The minimum absolute atomic E-state index is 0.254. The van der Waals surface area contributed by atoms with Gasteiger partial charge in [-0.15, -0.1) is 0 Å². The maximum atomic E-state index is 10.5. The van der Waals surface area contributed by atoms with Crippen LogP contribution in [0.5, 0.6) is 0 Å². The van der Waals surface area contributed by atoms with Gasteiger partial charge in [-0.2, -0.15) is 0 Å². The fourth-order valence-electron chi connectivity index (χ4n) is 0.982. The zero-order valence-electron chi connectivity index (χ0n) is 10.0. The zero-order chi connectivity index (χ0) is 11.7. The molecule has 0 aromatic carbocycles. The summed E-state index contributed by atoms with van der Waals surface area (Å²) in [6, 6.07) is 0. The summed E-state index contributed by atoms with van der Waals surface area (Å²) in [5, 5.41) is 0. The fourth-order valence-corrected chi connectivity index (χ4v) is 0.982. The largest absolute Gasteiger partial charge is 0.379 e. The lowest BCUT2D eigenvalue weighted by Crippen LogP contribution is -2.28. The molecule has 0 rings (SSSR count). The van der Waals surface area contributed by atoms with Gasteiger partial charge in [0.25, 0.3) is 0 Å². The molecule has 90 valence electrons. The monoisotopic (exact) mass is 217 g/mol. The van der Waals surface area contributed by atoms with Gasteiger partial charge in [0.2, 0.25) is 5.91 Å². The molecule has 0 spiro atoms. The first kappa shape index (κ1) is 14.3. The topological polar surface area (TPSA) is 58.8 Å². The van der Waals surface area contributed by atoms with E-state index in [0.717, 1.165) is 19.7 Å². The number of nitrogens with two attached hydrogens (primary N) is 1. The Morgan fingerprint density at radius 1 is 1.13 bits per heavy atom. The summed E-state index contributed by atoms with van der Waals surface area (Å²) >= 11 is 0. The Balaban J connectivity index is 3.23. The van der Waals surface area contributed by atoms with Crippen LogP contribution >= 0.6 is 0 Å². The first-order valence-electron chi connectivity index (χ1n) is 5.21. The molecular formula is C10H23N3O2. The molecule has 0 aliphatic rings. The molecule has 0 aliphatic carbocycles. The van der Waals surface area contributed by atoms with Crippen LogP contribution in [0.1, 0.15) is 6.42 Å². The van der Waals surface area contributed by atoms with Crippen molar-refractivity contribution in [3.8, 4) is 0 Å². The smallest absolute Gasteiger partial charge is 0.218 e. The summed E-state index contributed by atoms with van der Waals surface area (Å²) in [7, 11) is 5.99. The first-order valence-corrected chi connectivity index (χ1v) is 5.21. The minimum Gasteiger partial charge on any atom is -0.379 e. The third-order valence-corrected chi connectivity index (χ3v) is 2.04. The van der Waals surface area contributed by atoms with Gasteiger partial charge in [0.1, 0.15) is 0 Å². The molecular weight excluding hydrogens is 194 g/mol. The van der Waals surface area contributed by atoms with Crippen molar-refractivity contribution in [2.24, 2.45) is 5.73 Å². The zero-order valence-corrected chi connectivity index (χ0v) is 10.0. The van der Waals surface area contributed by atoms with Crippen molar-refractivity contribution < 1.29 is 9.53 Å². The molecule has 0 aliphatic heterocycles. The molecule has 1 amide bonds. The maximum absolute atomic E-state index is 10.5.